The molecule has 0 spiro atoms. The van der Waals surface area contributed by atoms with Crippen molar-refractivity contribution in [2.75, 3.05) is 6.26 Å². The van der Waals surface area contributed by atoms with E-state index in [1.807, 2.05) is 13.8 Å². The zero-order chi connectivity index (χ0) is 15.9. The minimum Gasteiger partial charge on any atom is -0.333 e. The van der Waals surface area contributed by atoms with Crippen molar-refractivity contribution in [3.8, 4) is 22.2 Å². The van der Waals surface area contributed by atoms with Gasteiger partial charge in [-0.15, -0.1) is 11.3 Å². The van der Waals surface area contributed by atoms with E-state index in [1.54, 1.807) is 12.1 Å². The minimum atomic E-state index is -3.21. The zero-order valence-electron chi connectivity index (χ0n) is 12.2. The SMILES string of the molecule is Cc1nc(C)c(-c2nc(-c3ccc(S(C)(=O)=O)cc3)no2)s1. The van der Waals surface area contributed by atoms with Gasteiger partial charge in [0, 0.05) is 11.8 Å². The lowest BCUT2D eigenvalue weighted by molar-refractivity contribution is 0.433. The van der Waals surface area contributed by atoms with Crippen LogP contribution in [0, 0.1) is 13.8 Å². The third-order valence-electron chi connectivity index (χ3n) is 3.06. The highest BCUT2D eigenvalue weighted by atomic mass is 32.2. The summed E-state index contributed by atoms with van der Waals surface area (Å²) in [5, 5.41) is 4.88. The Balaban J connectivity index is 1.96. The second-order valence-corrected chi connectivity index (χ2v) is 8.09. The highest BCUT2D eigenvalue weighted by Crippen LogP contribution is 2.30. The minimum absolute atomic E-state index is 0.258. The van der Waals surface area contributed by atoms with Crippen molar-refractivity contribution in [3.05, 3.63) is 35.0 Å². The van der Waals surface area contributed by atoms with Gasteiger partial charge < -0.3 is 4.52 Å². The highest BCUT2D eigenvalue weighted by Gasteiger charge is 2.16. The molecule has 114 valence electrons. The summed E-state index contributed by atoms with van der Waals surface area (Å²) in [6.45, 7) is 3.81. The number of sulfone groups is 1. The van der Waals surface area contributed by atoms with Crippen molar-refractivity contribution in [1.82, 2.24) is 15.1 Å². The molecular weight excluding hydrogens is 322 g/mol. The normalized spacial score (nSPS) is 11.8. The van der Waals surface area contributed by atoms with Crippen LogP contribution in [-0.4, -0.2) is 29.8 Å². The average Bonchev–Trinajstić information content (AvgIpc) is 3.04. The molecule has 0 aliphatic heterocycles. The van der Waals surface area contributed by atoms with Crippen LogP contribution in [-0.2, 0) is 9.84 Å². The summed E-state index contributed by atoms with van der Waals surface area (Å²) >= 11 is 1.50. The Kier molecular flexibility index (Phi) is 3.57. The first-order valence-electron chi connectivity index (χ1n) is 6.43. The van der Waals surface area contributed by atoms with Crippen molar-refractivity contribution in [1.29, 1.82) is 0 Å². The zero-order valence-corrected chi connectivity index (χ0v) is 13.8. The van der Waals surface area contributed by atoms with Crippen LogP contribution in [0.2, 0.25) is 0 Å². The van der Waals surface area contributed by atoms with Gasteiger partial charge in [0.2, 0.25) is 5.82 Å². The molecule has 1 aromatic carbocycles. The van der Waals surface area contributed by atoms with Crippen LogP contribution in [0.25, 0.3) is 22.2 Å². The first kappa shape index (κ1) is 14.9. The van der Waals surface area contributed by atoms with Gasteiger partial charge in [-0.1, -0.05) is 5.16 Å². The summed E-state index contributed by atoms with van der Waals surface area (Å²) in [5.74, 6) is 0.839. The lowest BCUT2D eigenvalue weighted by Gasteiger charge is -1.98. The molecule has 0 amide bonds. The molecule has 0 N–H and O–H groups in total. The van der Waals surface area contributed by atoms with Crippen molar-refractivity contribution < 1.29 is 12.9 Å². The molecule has 0 atom stereocenters. The van der Waals surface area contributed by atoms with Gasteiger partial charge >= 0.3 is 0 Å². The molecule has 0 aliphatic carbocycles. The summed E-state index contributed by atoms with van der Waals surface area (Å²) in [5.41, 5.74) is 1.55. The second kappa shape index (κ2) is 5.29. The van der Waals surface area contributed by atoms with E-state index >= 15 is 0 Å². The molecule has 0 unspecified atom stereocenters. The third-order valence-corrected chi connectivity index (χ3v) is 5.25. The van der Waals surface area contributed by atoms with Crippen molar-refractivity contribution in [3.63, 3.8) is 0 Å². The molecular formula is C14H13N3O3S2. The monoisotopic (exact) mass is 335 g/mol. The van der Waals surface area contributed by atoms with Crippen molar-refractivity contribution in [2.45, 2.75) is 18.7 Å². The number of aryl methyl sites for hydroxylation is 2. The van der Waals surface area contributed by atoms with Crippen LogP contribution < -0.4 is 0 Å². The Hall–Kier alpha value is -2.06. The van der Waals surface area contributed by atoms with Crippen LogP contribution in [0.15, 0.2) is 33.7 Å². The Morgan fingerprint density at radius 1 is 1.09 bits per heavy atom. The van der Waals surface area contributed by atoms with E-state index in [9.17, 15) is 8.42 Å². The average molecular weight is 335 g/mol. The number of hydrogen-bond donors (Lipinski definition) is 0. The second-order valence-electron chi connectivity index (χ2n) is 4.87. The van der Waals surface area contributed by atoms with E-state index in [4.69, 9.17) is 4.52 Å². The first-order chi connectivity index (χ1) is 10.3. The van der Waals surface area contributed by atoms with E-state index in [2.05, 4.69) is 15.1 Å². The third kappa shape index (κ3) is 2.79. The number of thiazole rings is 1. The molecule has 0 radical (unpaired) electrons. The molecule has 3 rings (SSSR count). The van der Waals surface area contributed by atoms with E-state index in [0.717, 1.165) is 15.6 Å². The van der Waals surface area contributed by atoms with E-state index in [0.29, 0.717) is 17.3 Å². The quantitative estimate of drug-likeness (QED) is 0.731. The van der Waals surface area contributed by atoms with Crippen molar-refractivity contribution >= 4 is 21.2 Å². The molecule has 0 fully saturated rings. The topological polar surface area (TPSA) is 86.0 Å². The van der Waals surface area contributed by atoms with Gasteiger partial charge in [-0.25, -0.2) is 13.4 Å². The van der Waals surface area contributed by atoms with Gasteiger partial charge in [0.05, 0.1) is 15.6 Å². The molecule has 8 heteroatoms. The van der Waals surface area contributed by atoms with Gasteiger partial charge in [-0.3, -0.25) is 0 Å². The molecule has 2 aromatic heterocycles. The summed E-state index contributed by atoms with van der Waals surface area (Å²) in [4.78, 5) is 9.80. The molecule has 0 aliphatic rings. The lowest BCUT2D eigenvalue weighted by atomic mass is 10.2. The maximum atomic E-state index is 11.5. The number of benzene rings is 1. The van der Waals surface area contributed by atoms with Crippen LogP contribution in [0.3, 0.4) is 0 Å². The van der Waals surface area contributed by atoms with Gasteiger partial charge in [0.25, 0.3) is 5.89 Å². The fourth-order valence-corrected chi connectivity index (χ4v) is 3.49. The summed E-state index contributed by atoms with van der Waals surface area (Å²) in [7, 11) is -3.21. The number of rotatable bonds is 3. The predicted octanol–water partition coefficient (Wildman–Crippen LogP) is 2.88. The number of hydrogen-bond acceptors (Lipinski definition) is 7. The molecule has 3 aromatic rings. The van der Waals surface area contributed by atoms with E-state index < -0.39 is 9.84 Å². The molecule has 2 heterocycles. The van der Waals surface area contributed by atoms with Gasteiger partial charge in [0.1, 0.15) is 4.88 Å². The maximum absolute atomic E-state index is 11.5. The summed E-state index contributed by atoms with van der Waals surface area (Å²) in [6.07, 6.45) is 1.17. The summed E-state index contributed by atoms with van der Waals surface area (Å²) in [6, 6.07) is 6.39. The van der Waals surface area contributed by atoms with Gasteiger partial charge in [-0.2, -0.15) is 4.98 Å². The summed E-state index contributed by atoms with van der Waals surface area (Å²) < 4.78 is 28.2. The molecule has 0 saturated carbocycles. The molecule has 0 bridgehead atoms. The lowest BCUT2D eigenvalue weighted by Crippen LogP contribution is -1.96. The Morgan fingerprint density at radius 3 is 2.32 bits per heavy atom. The smallest absolute Gasteiger partial charge is 0.270 e. The maximum Gasteiger partial charge on any atom is 0.270 e. The number of aromatic nitrogens is 3. The van der Waals surface area contributed by atoms with Crippen molar-refractivity contribution in [2.24, 2.45) is 0 Å². The van der Waals surface area contributed by atoms with E-state index in [1.165, 1.54) is 29.7 Å². The first-order valence-corrected chi connectivity index (χ1v) is 9.14. The molecule has 22 heavy (non-hydrogen) atoms. The van der Waals surface area contributed by atoms with E-state index in [-0.39, 0.29) is 4.90 Å². The fourth-order valence-electron chi connectivity index (χ4n) is 2.01. The highest BCUT2D eigenvalue weighted by molar-refractivity contribution is 7.90. The van der Waals surface area contributed by atoms with Gasteiger partial charge in [0.15, 0.2) is 9.84 Å². The van der Waals surface area contributed by atoms with Gasteiger partial charge in [-0.05, 0) is 38.1 Å². The molecule has 0 saturated heterocycles. The standard InChI is InChI=1S/C14H13N3O3S2/c1-8-12(21-9(2)15-8)14-16-13(17-20-14)10-4-6-11(7-5-10)22(3,18)19/h4-7H,1-3H3. The fraction of sp³-hybridized carbons (Fsp3) is 0.214. The Morgan fingerprint density at radius 2 is 1.77 bits per heavy atom. The Labute approximate surface area is 131 Å². The van der Waals surface area contributed by atoms with Crippen LogP contribution in [0.1, 0.15) is 10.7 Å². The van der Waals surface area contributed by atoms with Crippen LogP contribution >= 0.6 is 11.3 Å². The van der Waals surface area contributed by atoms with Crippen LogP contribution in [0.4, 0.5) is 0 Å². The number of nitrogens with zero attached hydrogens (tertiary/aromatic N) is 3. The molecule has 6 nitrogen and oxygen atoms in total. The van der Waals surface area contributed by atoms with Crippen LogP contribution in [0.5, 0.6) is 0 Å². The largest absolute Gasteiger partial charge is 0.333 e. The Bertz CT molecular complexity index is 925. The predicted molar refractivity (Wildman–Crippen MR) is 83.4 cm³/mol.